The van der Waals surface area contributed by atoms with Gasteiger partial charge in [0.2, 0.25) is 11.8 Å². The van der Waals surface area contributed by atoms with Crippen LogP contribution in [0.5, 0.6) is 0 Å². The molecule has 0 aliphatic carbocycles. The lowest BCUT2D eigenvalue weighted by atomic mass is 9.75. The number of rotatable bonds is 10. The first-order valence-electron chi connectivity index (χ1n) is 14.1. The Balaban J connectivity index is 1.51. The molecule has 3 aliphatic heterocycles. The number of fused-ring (bicyclic) bond motifs is 5. The number of allylic oxidation sites excluding steroid dienone is 6. The Morgan fingerprint density at radius 3 is 2.38 bits per heavy atom. The highest BCUT2D eigenvalue weighted by molar-refractivity contribution is 5.98. The number of nitrogens with zero attached hydrogens (tertiary/aromatic N) is 1. The summed E-state index contributed by atoms with van der Waals surface area (Å²) in [7, 11) is 0. The molecule has 2 N–H and O–H groups in total. The second kappa shape index (κ2) is 11.3. The van der Waals surface area contributed by atoms with Crippen molar-refractivity contribution in [1.29, 1.82) is 0 Å². The molecule has 0 radical (unpaired) electrons. The average Bonchev–Trinajstić information content (AvgIpc) is 3.32. The van der Waals surface area contributed by atoms with Crippen LogP contribution in [0.1, 0.15) is 92.1 Å². The summed E-state index contributed by atoms with van der Waals surface area (Å²) in [4.78, 5) is 28.7. The van der Waals surface area contributed by atoms with E-state index in [1.807, 2.05) is 11.0 Å². The molecule has 1 aromatic rings. The molecule has 37 heavy (non-hydrogen) atoms. The van der Waals surface area contributed by atoms with Gasteiger partial charge in [0, 0.05) is 11.1 Å². The fraction of sp³-hybridized carbons (Fsp3) is 0.562. The molecule has 5 heteroatoms. The number of para-hydroxylation sites is 1. The van der Waals surface area contributed by atoms with Crippen LogP contribution >= 0.6 is 0 Å². The fourth-order valence-corrected chi connectivity index (χ4v) is 6.30. The first kappa shape index (κ1) is 27.2. The van der Waals surface area contributed by atoms with Gasteiger partial charge in [-0.05, 0) is 90.2 Å². The largest absolute Gasteiger partial charge is 0.364 e. The van der Waals surface area contributed by atoms with Crippen LogP contribution in [-0.2, 0) is 15.0 Å². The number of hydrogen-bond acceptors (Lipinski definition) is 3. The summed E-state index contributed by atoms with van der Waals surface area (Å²) in [5, 5.41) is 6.69. The number of nitrogens with one attached hydrogen (secondary N) is 2. The van der Waals surface area contributed by atoms with Crippen LogP contribution < -0.4 is 10.6 Å². The summed E-state index contributed by atoms with van der Waals surface area (Å²) >= 11 is 0. The maximum atomic E-state index is 13.6. The molecule has 3 aliphatic rings. The second-order valence-corrected chi connectivity index (χ2v) is 12.1. The minimum absolute atomic E-state index is 0.00673. The number of benzene rings is 1. The molecule has 2 fully saturated rings. The van der Waals surface area contributed by atoms with E-state index in [0.29, 0.717) is 18.8 Å². The molecule has 200 valence electrons. The third kappa shape index (κ3) is 5.71. The van der Waals surface area contributed by atoms with Crippen molar-refractivity contribution in [2.75, 3.05) is 5.32 Å². The van der Waals surface area contributed by atoms with Gasteiger partial charge in [0.15, 0.2) is 0 Å². The average molecular weight is 504 g/mol. The molecule has 2 saturated heterocycles. The first-order chi connectivity index (χ1) is 17.6. The molecule has 0 saturated carbocycles. The summed E-state index contributed by atoms with van der Waals surface area (Å²) in [6, 6.07) is 7.54. The lowest BCUT2D eigenvalue weighted by molar-refractivity contribution is -0.149. The zero-order chi connectivity index (χ0) is 26.7. The number of amides is 2. The minimum Gasteiger partial charge on any atom is -0.364 e. The van der Waals surface area contributed by atoms with Gasteiger partial charge < -0.3 is 15.5 Å². The quantitative estimate of drug-likeness (QED) is 0.352. The van der Waals surface area contributed by atoms with E-state index in [0.717, 1.165) is 37.8 Å². The predicted molar refractivity (Wildman–Crippen MR) is 152 cm³/mol. The molecular weight excluding hydrogens is 458 g/mol. The van der Waals surface area contributed by atoms with Crippen molar-refractivity contribution in [1.82, 2.24) is 10.2 Å². The zero-order valence-electron chi connectivity index (χ0n) is 23.6. The van der Waals surface area contributed by atoms with Gasteiger partial charge in [-0.2, -0.15) is 0 Å². The van der Waals surface area contributed by atoms with Crippen LogP contribution in [0.25, 0.3) is 0 Å². The lowest BCUT2D eigenvalue weighted by Gasteiger charge is -2.39. The van der Waals surface area contributed by atoms with Gasteiger partial charge in [0.05, 0.1) is 0 Å². The SMILES string of the molecule is CC(C)=CCC/C(C)=C/CC/C(C)=C/C[C@@]12C[C@H]3C(=O)N[C@@H](CC(C)C)C(=O)N3[C@@H]1Nc1ccccc12. The molecule has 0 bridgehead atoms. The van der Waals surface area contributed by atoms with Crippen molar-refractivity contribution < 1.29 is 9.59 Å². The normalized spacial score (nSPS) is 27.0. The van der Waals surface area contributed by atoms with E-state index in [9.17, 15) is 9.59 Å². The number of carbonyl (C=O) groups excluding carboxylic acids is 2. The lowest BCUT2D eigenvalue weighted by Crippen LogP contribution is -2.64. The Kier molecular flexibility index (Phi) is 8.30. The Bertz CT molecular complexity index is 1110. The van der Waals surface area contributed by atoms with Crippen molar-refractivity contribution in [3.8, 4) is 0 Å². The first-order valence-corrected chi connectivity index (χ1v) is 14.1. The maximum absolute atomic E-state index is 13.6. The highest BCUT2D eigenvalue weighted by atomic mass is 16.2. The van der Waals surface area contributed by atoms with Crippen LogP contribution in [0.2, 0.25) is 0 Å². The molecule has 0 spiro atoms. The Labute approximate surface area is 223 Å². The Morgan fingerprint density at radius 1 is 1.00 bits per heavy atom. The maximum Gasteiger partial charge on any atom is 0.247 e. The van der Waals surface area contributed by atoms with Gasteiger partial charge in [0.25, 0.3) is 0 Å². The van der Waals surface area contributed by atoms with Crippen LogP contribution in [0, 0.1) is 5.92 Å². The summed E-state index contributed by atoms with van der Waals surface area (Å²) in [5.41, 5.74) is 6.22. The van der Waals surface area contributed by atoms with Crippen LogP contribution in [-0.4, -0.2) is 35.0 Å². The van der Waals surface area contributed by atoms with Crippen LogP contribution in [0.4, 0.5) is 5.69 Å². The number of carbonyl (C=O) groups is 2. The number of anilines is 1. The van der Waals surface area contributed by atoms with Crippen molar-refractivity contribution in [3.63, 3.8) is 0 Å². The summed E-state index contributed by atoms with van der Waals surface area (Å²) < 4.78 is 0. The number of piperazine rings is 1. The molecular formula is C32H45N3O2. The molecule has 1 aromatic carbocycles. The topological polar surface area (TPSA) is 61.4 Å². The van der Waals surface area contributed by atoms with E-state index in [1.165, 1.54) is 22.3 Å². The molecule has 5 nitrogen and oxygen atoms in total. The van der Waals surface area contributed by atoms with Gasteiger partial charge in [-0.1, -0.05) is 67.0 Å². The van der Waals surface area contributed by atoms with E-state index >= 15 is 0 Å². The molecule has 4 rings (SSSR count). The van der Waals surface area contributed by atoms with E-state index in [1.54, 1.807) is 0 Å². The van der Waals surface area contributed by atoms with Gasteiger partial charge in [-0.3, -0.25) is 9.59 Å². The van der Waals surface area contributed by atoms with Crippen LogP contribution in [0.15, 0.2) is 59.2 Å². The molecule has 3 heterocycles. The third-order valence-electron chi connectivity index (χ3n) is 8.27. The van der Waals surface area contributed by atoms with Crippen molar-refractivity contribution in [2.45, 2.75) is 110 Å². The highest BCUT2D eigenvalue weighted by Gasteiger charge is 2.62. The van der Waals surface area contributed by atoms with Crippen molar-refractivity contribution >= 4 is 17.5 Å². The molecule has 0 aromatic heterocycles. The van der Waals surface area contributed by atoms with Crippen LogP contribution in [0.3, 0.4) is 0 Å². The van der Waals surface area contributed by atoms with Gasteiger partial charge in [0.1, 0.15) is 18.2 Å². The molecule has 2 amide bonds. The van der Waals surface area contributed by atoms with E-state index in [-0.39, 0.29) is 23.4 Å². The third-order valence-corrected chi connectivity index (χ3v) is 8.27. The summed E-state index contributed by atoms with van der Waals surface area (Å²) in [5.74, 6) is 0.384. The Hall–Kier alpha value is -2.82. The second-order valence-electron chi connectivity index (χ2n) is 12.1. The number of hydrogen-bond donors (Lipinski definition) is 2. The fourth-order valence-electron chi connectivity index (χ4n) is 6.30. The van der Waals surface area contributed by atoms with Crippen molar-refractivity contribution in [3.05, 3.63) is 64.8 Å². The molecule has 4 atom stereocenters. The predicted octanol–water partition coefficient (Wildman–Crippen LogP) is 6.63. The Morgan fingerprint density at radius 2 is 1.68 bits per heavy atom. The smallest absolute Gasteiger partial charge is 0.247 e. The van der Waals surface area contributed by atoms with E-state index < -0.39 is 12.1 Å². The molecule has 0 unspecified atom stereocenters. The van der Waals surface area contributed by atoms with Gasteiger partial charge in [-0.25, -0.2) is 0 Å². The minimum atomic E-state index is -0.436. The van der Waals surface area contributed by atoms with Gasteiger partial charge in [-0.15, -0.1) is 0 Å². The van der Waals surface area contributed by atoms with E-state index in [2.05, 4.69) is 88.6 Å². The summed E-state index contributed by atoms with van der Waals surface area (Å²) in [6.07, 6.45) is 13.3. The monoisotopic (exact) mass is 503 g/mol. The van der Waals surface area contributed by atoms with Gasteiger partial charge >= 0.3 is 0 Å². The standard InChI is InChI=1S/C32H45N3O2/c1-21(2)11-9-12-23(5)13-10-14-24(6)17-18-32-20-28-29(36)33-27(19-22(3)4)30(37)35(28)31(32)34-26-16-8-7-15-25(26)32/h7-8,11,13,15-17,22,27-28,31,34H,9-10,12,14,18-20H2,1-6H3,(H,33,36)/b23-13+,24-17+/t27-,28-,31-,32-/m0/s1. The van der Waals surface area contributed by atoms with E-state index in [4.69, 9.17) is 0 Å². The zero-order valence-corrected chi connectivity index (χ0v) is 23.6. The van der Waals surface area contributed by atoms with Crippen molar-refractivity contribution in [2.24, 2.45) is 5.92 Å². The highest BCUT2D eigenvalue weighted by Crippen LogP contribution is 2.54. The summed E-state index contributed by atoms with van der Waals surface area (Å²) in [6.45, 7) is 12.9.